The first-order valence-corrected chi connectivity index (χ1v) is 29.5. The highest BCUT2D eigenvalue weighted by Crippen LogP contribution is 2.14. The molecular formula is C66H108O6. The van der Waals surface area contributed by atoms with Gasteiger partial charge in [0.2, 0.25) is 0 Å². The molecule has 0 aromatic carbocycles. The number of unbranched alkanes of at least 4 members (excludes halogenated alkanes) is 21. The van der Waals surface area contributed by atoms with Gasteiger partial charge in [0.1, 0.15) is 13.2 Å². The minimum atomic E-state index is -0.797. The fraction of sp³-hybridized carbons (Fsp3) is 0.652. The van der Waals surface area contributed by atoms with Gasteiger partial charge in [-0.15, -0.1) is 0 Å². The zero-order valence-electron chi connectivity index (χ0n) is 46.7. The third kappa shape index (κ3) is 56.7. The third-order valence-corrected chi connectivity index (χ3v) is 12.2. The van der Waals surface area contributed by atoms with Crippen molar-refractivity contribution in [3.8, 4) is 0 Å². The van der Waals surface area contributed by atoms with Gasteiger partial charge in [-0.3, -0.25) is 14.4 Å². The van der Waals surface area contributed by atoms with Crippen LogP contribution in [0.5, 0.6) is 0 Å². The highest BCUT2D eigenvalue weighted by atomic mass is 16.6. The summed E-state index contributed by atoms with van der Waals surface area (Å²) in [4.78, 5) is 37.9. The van der Waals surface area contributed by atoms with Crippen LogP contribution in [-0.4, -0.2) is 37.2 Å². The lowest BCUT2D eigenvalue weighted by Crippen LogP contribution is -2.30. The van der Waals surface area contributed by atoms with Crippen molar-refractivity contribution in [2.75, 3.05) is 13.2 Å². The molecule has 0 amide bonds. The van der Waals surface area contributed by atoms with Crippen LogP contribution < -0.4 is 0 Å². The number of hydrogen-bond donors (Lipinski definition) is 0. The Hall–Kier alpha value is -4.19. The minimum Gasteiger partial charge on any atom is -0.462 e. The van der Waals surface area contributed by atoms with Crippen molar-refractivity contribution in [3.05, 3.63) is 122 Å². The Bertz CT molecular complexity index is 1520. The third-order valence-electron chi connectivity index (χ3n) is 12.2. The number of ether oxygens (including phenoxy) is 3. The second-order valence-corrected chi connectivity index (χ2v) is 19.2. The number of carbonyl (C=O) groups is 3. The van der Waals surface area contributed by atoms with E-state index in [0.717, 1.165) is 128 Å². The van der Waals surface area contributed by atoms with Crippen LogP contribution in [0.3, 0.4) is 0 Å². The predicted molar refractivity (Wildman–Crippen MR) is 311 cm³/mol. The van der Waals surface area contributed by atoms with Gasteiger partial charge in [0.15, 0.2) is 6.10 Å². The number of hydrogen-bond acceptors (Lipinski definition) is 6. The van der Waals surface area contributed by atoms with Gasteiger partial charge < -0.3 is 14.2 Å². The summed E-state index contributed by atoms with van der Waals surface area (Å²) in [7, 11) is 0. The van der Waals surface area contributed by atoms with Gasteiger partial charge in [0.05, 0.1) is 0 Å². The Labute approximate surface area is 443 Å². The van der Waals surface area contributed by atoms with Crippen LogP contribution in [0, 0.1) is 0 Å². The van der Waals surface area contributed by atoms with E-state index in [4.69, 9.17) is 14.2 Å². The summed E-state index contributed by atoms with van der Waals surface area (Å²) >= 11 is 0. The molecule has 72 heavy (non-hydrogen) atoms. The fourth-order valence-corrected chi connectivity index (χ4v) is 7.78. The topological polar surface area (TPSA) is 78.9 Å². The summed E-state index contributed by atoms with van der Waals surface area (Å²) in [5, 5.41) is 0. The molecule has 0 N–H and O–H groups in total. The van der Waals surface area contributed by atoms with E-state index in [0.29, 0.717) is 19.3 Å². The van der Waals surface area contributed by atoms with Gasteiger partial charge in [0.25, 0.3) is 0 Å². The average molecular weight is 998 g/mol. The van der Waals surface area contributed by atoms with Crippen molar-refractivity contribution < 1.29 is 28.6 Å². The summed E-state index contributed by atoms with van der Waals surface area (Å²) in [6.07, 6.45) is 82.2. The van der Waals surface area contributed by atoms with Crippen LogP contribution in [0.2, 0.25) is 0 Å². The molecule has 0 radical (unpaired) electrons. The largest absolute Gasteiger partial charge is 0.462 e. The number of allylic oxidation sites excluding steroid dienone is 20. The molecule has 0 heterocycles. The summed E-state index contributed by atoms with van der Waals surface area (Å²) in [5.74, 6) is -0.948. The molecule has 0 aliphatic heterocycles. The van der Waals surface area contributed by atoms with E-state index in [9.17, 15) is 14.4 Å². The zero-order chi connectivity index (χ0) is 52.2. The number of carbonyl (C=O) groups excluding carboxylic acids is 3. The van der Waals surface area contributed by atoms with Crippen LogP contribution in [0.25, 0.3) is 0 Å². The molecule has 6 heteroatoms. The quantitative estimate of drug-likeness (QED) is 0.0261. The minimum absolute atomic E-state index is 0.0946. The molecule has 0 rings (SSSR count). The molecule has 1 unspecified atom stereocenters. The number of esters is 3. The second kappa shape index (κ2) is 59.4. The molecular weight excluding hydrogens is 889 g/mol. The first-order valence-electron chi connectivity index (χ1n) is 29.5. The van der Waals surface area contributed by atoms with Crippen molar-refractivity contribution >= 4 is 17.9 Å². The van der Waals surface area contributed by atoms with Crippen molar-refractivity contribution in [1.82, 2.24) is 0 Å². The Morgan fingerprint density at radius 3 is 0.861 bits per heavy atom. The normalized spacial score (nSPS) is 13.0. The van der Waals surface area contributed by atoms with Crippen LogP contribution in [0.1, 0.15) is 258 Å². The second-order valence-electron chi connectivity index (χ2n) is 19.2. The van der Waals surface area contributed by atoms with E-state index < -0.39 is 6.10 Å². The van der Waals surface area contributed by atoms with E-state index >= 15 is 0 Å². The van der Waals surface area contributed by atoms with Crippen molar-refractivity contribution in [1.29, 1.82) is 0 Å². The molecule has 0 spiro atoms. The Balaban J connectivity index is 4.26. The molecule has 0 saturated heterocycles. The summed E-state index contributed by atoms with van der Waals surface area (Å²) in [6, 6.07) is 0. The van der Waals surface area contributed by atoms with Gasteiger partial charge in [-0.1, -0.05) is 245 Å². The lowest BCUT2D eigenvalue weighted by molar-refractivity contribution is -0.167. The van der Waals surface area contributed by atoms with Crippen molar-refractivity contribution in [3.63, 3.8) is 0 Å². The van der Waals surface area contributed by atoms with Crippen molar-refractivity contribution in [2.45, 2.75) is 264 Å². The number of rotatable bonds is 52. The smallest absolute Gasteiger partial charge is 0.306 e. The summed E-state index contributed by atoms with van der Waals surface area (Å²) < 4.78 is 16.7. The Morgan fingerprint density at radius 2 is 0.542 bits per heavy atom. The van der Waals surface area contributed by atoms with Crippen LogP contribution in [-0.2, 0) is 28.6 Å². The highest BCUT2D eigenvalue weighted by Gasteiger charge is 2.19. The predicted octanol–water partition coefficient (Wildman–Crippen LogP) is 20.0. The van der Waals surface area contributed by atoms with E-state index in [1.165, 1.54) is 89.9 Å². The van der Waals surface area contributed by atoms with Gasteiger partial charge in [-0.2, -0.15) is 0 Å². The van der Waals surface area contributed by atoms with Gasteiger partial charge in [-0.05, 0) is 116 Å². The Morgan fingerprint density at radius 1 is 0.292 bits per heavy atom. The Kier molecular flexibility index (Phi) is 55.9. The summed E-state index contributed by atoms with van der Waals surface area (Å²) in [6.45, 7) is 6.42. The van der Waals surface area contributed by atoms with E-state index in [-0.39, 0.29) is 31.1 Å². The molecule has 0 saturated carbocycles. The molecule has 0 bridgehead atoms. The average Bonchev–Trinajstić information content (AvgIpc) is 3.38. The van der Waals surface area contributed by atoms with Crippen LogP contribution in [0.15, 0.2) is 122 Å². The molecule has 0 aromatic heterocycles. The first kappa shape index (κ1) is 67.8. The molecule has 0 aliphatic rings. The molecule has 0 aromatic rings. The highest BCUT2D eigenvalue weighted by molar-refractivity contribution is 5.71. The first-order chi connectivity index (χ1) is 35.5. The van der Waals surface area contributed by atoms with E-state index in [2.05, 4.69) is 142 Å². The maximum Gasteiger partial charge on any atom is 0.306 e. The summed E-state index contributed by atoms with van der Waals surface area (Å²) in [5.41, 5.74) is 0. The van der Waals surface area contributed by atoms with Crippen LogP contribution in [0.4, 0.5) is 0 Å². The van der Waals surface area contributed by atoms with Crippen molar-refractivity contribution in [2.24, 2.45) is 0 Å². The lowest BCUT2D eigenvalue weighted by atomic mass is 10.1. The lowest BCUT2D eigenvalue weighted by Gasteiger charge is -2.18. The van der Waals surface area contributed by atoms with Gasteiger partial charge >= 0.3 is 17.9 Å². The van der Waals surface area contributed by atoms with Gasteiger partial charge in [0, 0.05) is 19.3 Å². The standard InChI is InChI=1S/C66H108O6/c1-4-7-10-13-16-18-20-22-24-26-28-30-32-33-35-36-38-40-42-44-46-48-50-53-56-59-65(68)71-62-63(61-70-64(67)58-55-52-15-12-9-6-3)72-66(69)60-57-54-51-49-47-45-43-41-39-37-34-31-29-27-25-23-21-19-17-14-11-8-5-2/h7,10,16,18,21-24,27-30,33-35,37-38,40,44,46,63H,4-6,8-9,11-15,17,19-20,25-26,31-32,36,39,41-43,45,47-62H2,1-3H3/b10-7-,18-16-,23-21-,24-22-,29-27-,30-28-,35-33-,37-34-,40-38-,46-44-. The molecule has 408 valence electrons. The van der Waals surface area contributed by atoms with Gasteiger partial charge in [-0.25, -0.2) is 0 Å². The molecule has 1 atom stereocenters. The van der Waals surface area contributed by atoms with E-state index in [1.807, 2.05) is 0 Å². The SMILES string of the molecule is CC/C=C\C/C=C\C/C=C\C/C=C\C/C=C\C/C=C\C/C=C\CCCCCC(=O)OCC(COC(=O)CCCCCCCC)OC(=O)CCCCCCCCCC/C=C\C/C=C\C/C=C\CCCCCCC. The molecule has 0 fully saturated rings. The fourth-order valence-electron chi connectivity index (χ4n) is 7.78. The van der Waals surface area contributed by atoms with Crippen LogP contribution >= 0.6 is 0 Å². The maximum absolute atomic E-state index is 12.8. The zero-order valence-corrected chi connectivity index (χ0v) is 46.7. The molecule has 0 aliphatic carbocycles. The van der Waals surface area contributed by atoms with E-state index in [1.54, 1.807) is 0 Å². The molecule has 6 nitrogen and oxygen atoms in total. The monoisotopic (exact) mass is 997 g/mol. The maximum atomic E-state index is 12.8.